The lowest BCUT2D eigenvalue weighted by molar-refractivity contribution is -0.125. The van der Waals surface area contributed by atoms with Crippen LogP contribution in [-0.2, 0) is 11.8 Å². The van der Waals surface area contributed by atoms with E-state index in [1.165, 1.54) is 10.8 Å². The molecule has 1 aliphatic heterocycles. The molecule has 6 nitrogen and oxygen atoms in total. The number of nitrogens with zero attached hydrogens (tertiary/aromatic N) is 1. The van der Waals surface area contributed by atoms with Gasteiger partial charge in [0.1, 0.15) is 5.69 Å². The first-order valence-electron chi connectivity index (χ1n) is 5.32. The van der Waals surface area contributed by atoms with E-state index in [0.29, 0.717) is 5.69 Å². The zero-order valence-corrected chi connectivity index (χ0v) is 9.85. The molecule has 1 aromatic rings. The van der Waals surface area contributed by atoms with Crippen LogP contribution in [0.3, 0.4) is 0 Å². The standard InChI is InChI=1S/C11H14N2O4/c1-5(2)8-10(14)12-6-4-13(3)7(11(15)16)9(6)17-8/h4-5,8H,1-3H3,(H,12,14)(H,15,16). The van der Waals surface area contributed by atoms with E-state index in [4.69, 9.17) is 9.84 Å². The highest BCUT2D eigenvalue weighted by Gasteiger charge is 2.34. The number of rotatable bonds is 2. The lowest BCUT2D eigenvalue weighted by Crippen LogP contribution is -2.40. The minimum Gasteiger partial charge on any atom is -0.476 e. The van der Waals surface area contributed by atoms with E-state index in [1.807, 2.05) is 13.8 Å². The molecule has 0 spiro atoms. The number of ether oxygens (including phenoxy) is 1. The number of aromatic carboxylic acids is 1. The van der Waals surface area contributed by atoms with Gasteiger partial charge in [-0.3, -0.25) is 4.79 Å². The lowest BCUT2D eigenvalue weighted by Gasteiger charge is -2.26. The molecule has 1 aliphatic rings. The largest absolute Gasteiger partial charge is 0.476 e. The predicted octanol–water partition coefficient (Wildman–Crippen LogP) is 1.08. The molecule has 17 heavy (non-hydrogen) atoms. The van der Waals surface area contributed by atoms with Crippen LogP contribution in [0.15, 0.2) is 6.20 Å². The number of hydrogen-bond donors (Lipinski definition) is 2. The minimum atomic E-state index is -1.08. The van der Waals surface area contributed by atoms with Gasteiger partial charge in [0.05, 0.1) is 0 Å². The van der Waals surface area contributed by atoms with E-state index >= 15 is 0 Å². The molecule has 1 atom stereocenters. The van der Waals surface area contributed by atoms with Crippen molar-refractivity contribution in [1.29, 1.82) is 0 Å². The summed E-state index contributed by atoms with van der Waals surface area (Å²) in [6, 6.07) is 0. The molecule has 0 aromatic carbocycles. The number of carboxylic acid groups (broad SMARTS) is 1. The highest BCUT2D eigenvalue weighted by atomic mass is 16.5. The Labute approximate surface area is 98.2 Å². The third-order valence-electron chi connectivity index (χ3n) is 2.70. The van der Waals surface area contributed by atoms with Crippen molar-refractivity contribution in [1.82, 2.24) is 4.57 Å². The third-order valence-corrected chi connectivity index (χ3v) is 2.70. The first kappa shape index (κ1) is 11.5. The van der Waals surface area contributed by atoms with Crippen LogP contribution in [0.1, 0.15) is 24.3 Å². The Kier molecular flexibility index (Phi) is 2.57. The van der Waals surface area contributed by atoms with E-state index in [2.05, 4.69) is 5.32 Å². The Morgan fingerprint density at radius 2 is 2.24 bits per heavy atom. The molecule has 2 rings (SSSR count). The molecule has 0 radical (unpaired) electrons. The molecule has 0 fully saturated rings. The lowest BCUT2D eigenvalue weighted by atomic mass is 10.1. The van der Waals surface area contributed by atoms with Crippen LogP contribution in [0.5, 0.6) is 5.75 Å². The maximum atomic E-state index is 11.7. The number of fused-ring (bicyclic) bond motifs is 1. The van der Waals surface area contributed by atoms with Crippen LogP contribution in [0.4, 0.5) is 5.69 Å². The van der Waals surface area contributed by atoms with Gasteiger partial charge in [-0.2, -0.15) is 0 Å². The highest BCUT2D eigenvalue weighted by Crippen LogP contribution is 2.36. The molecule has 1 amide bonds. The second-order valence-corrected chi connectivity index (χ2v) is 4.41. The van der Waals surface area contributed by atoms with E-state index in [0.717, 1.165) is 0 Å². The average molecular weight is 238 g/mol. The number of amides is 1. The molecular weight excluding hydrogens is 224 g/mol. The average Bonchev–Trinajstić information content (AvgIpc) is 2.51. The monoisotopic (exact) mass is 238 g/mol. The summed E-state index contributed by atoms with van der Waals surface area (Å²) in [6.07, 6.45) is 0.885. The number of nitrogens with one attached hydrogen (secondary N) is 1. The van der Waals surface area contributed by atoms with E-state index < -0.39 is 12.1 Å². The summed E-state index contributed by atoms with van der Waals surface area (Å²) < 4.78 is 6.93. The summed E-state index contributed by atoms with van der Waals surface area (Å²) >= 11 is 0. The summed E-state index contributed by atoms with van der Waals surface area (Å²) in [6.45, 7) is 3.69. The molecule has 6 heteroatoms. The van der Waals surface area contributed by atoms with E-state index in [1.54, 1.807) is 7.05 Å². The Hall–Kier alpha value is -1.98. The Morgan fingerprint density at radius 3 is 2.76 bits per heavy atom. The molecule has 0 bridgehead atoms. The number of carboxylic acids is 1. The van der Waals surface area contributed by atoms with Crippen molar-refractivity contribution in [2.24, 2.45) is 13.0 Å². The maximum Gasteiger partial charge on any atom is 0.356 e. The van der Waals surface area contributed by atoms with Crippen molar-refractivity contribution in [2.45, 2.75) is 20.0 Å². The Morgan fingerprint density at radius 1 is 1.59 bits per heavy atom. The van der Waals surface area contributed by atoms with Gasteiger partial charge in [-0.05, 0) is 5.92 Å². The second kappa shape index (κ2) is 3.80. The van der Waals surface area contributed by atoms with Gasteiger partial charge in [0, 0.05) is 13.2 Å². The van der Waals surface area contributed by atoms with Gasteiger partial charge < -0.3 is 19.7 Å². The molecule has 2 N–H and O–H groups in total. The molecule has 0 saturated carbocycles. The van der Waals surface area contributed by atoms with E-state index in [-0.39, 0.29) is 23.3 Å². The fraction of sp³-hybridized carbons (Fsp3) is 0.455. The molecule has 0 aliphatic carbocycles. The van der Waals surface area contributed by atoms with Crippen molar-refractivity contribution >= 4 is 17.6 Å². The smallest absolute Gasteiger partial charge is 0.356 e. The van der Waals surface area contributed by atoms with Gasteiger partial charge in [0.15, 0.2) is 17.5 Å². The van der Waals surface area contributed by atoms with Crippen LogP contribution in [0.25, 0.3) is 0 Å². The summed E-state index contributed by atoms with van der Waals surface area (Å²) in [5, 5.41) is 11.7. The second-order valence-electron chi connectivity index (χ2n) is 4.41. The van der Waals surface area contributed by atoms with Crippen molar-refractivity contribution in [3.63, 3.8) is 0 Å². The van der Waals surface area contributed by atoms with Crippen LogP contribution in [-0.4, -0.2) is 27.7 Å². The van der Waals surface area contributed by atoms with Gasteiger partial charge >= 0.3 is 5.97 Å². The fourth-order valence-corrected chi connectivity index (χ4v) is 1.88. The van der Waals surface area contributed by atoms with Crippen molar-refractivity contribution in [3.8, 4) is 5.75 Å². The molecule has 2 heterocycles. The first-order chi connectivity index (χ1) is 7.91. The zero-order valence-electron chi connectivity index (χ0n) is 9.85. The molecular formula is C11H14N2O4. The van der Waals surface area contributed by atoms with Crippen molar-refractivity contribution in [2.75, 3.05) is 5.32 Å². The fourth-order valence-electron chi connectivity index (χ4n) is 1.88. The SMILES string of the molecule is CC(C)C1Oc2c(cn(C)c2C(=O)O)NC1=O. The van der Waals surface area contributed by atoms with Crippen LogP contribution in [0.2, 0.25) is 0 Å². The van der Waals surface area contributed by atoms with Crippen molar-refractivity contribution in [3.05, 3.63) is 11.9 Å². The van der Waals surface area contributed by atoms with Gasteiger partial charge in [-0.25, -0.2) is 4.79 Å². The van der Waals surface area contributed by atoms with Crippen LogP contribution < -0.4 is 10.1 Å². The topological polar surface area (TPSA) is 80.6 Å². The minimum absolute atomic E-state index is 0.0231. The summed E-state index contributed by atoms with van der Waals surface area (Å²) in [5.74, 6) is -1.11. The number of hydrogen-bond acceptors (Lipinski definition) is 3. The summed E-state index contributed by atoms with van der Waals surface area (Å²) in [4.78, 5) is 22.8. The summed E-state index contributed by atoms with van der Waals surface area (Å²) in [5.41, 5.74) is 0.456. The number of carbonyl (C=O) groups is 2. The van der Waals surface area contributed by atoms with Crippen molar-refractivity contribution < 1.29 is 19.4 Å². The Balaban J connectivity index is 2.47. The number of aryl methyl sites for hydroxylation is 1. The molecule has 1 aromatic heterocycles. The number of anilines is 1. The zero-order chi connectivity index (χ0) is 12.7. The number of carbonyl (C=O) groups excluding carboxylic acids is 1. The molecule has 92 valence electrons. The van der Waals surface area contributed by atoms with Gasteiger partial charge in [-0.15, -0.1) is 0 Å². The highest BCUT2D eigenvalue weighted by molar-refractivity contribution is 6.01. The van der Waals surface area contributed by atoms with Gasteiger partial charge in [0.2, 0.25) is 0 Å². The van der Waals surface area contributed by atoms with Crippen LogP contribution in [0, 0.1) is 5.92 Å². The maximum absolute atomic E-state index is 11.7. The summed E-state index contributed by atoms with van der Waals surface area (Å²) in [7, 11) is 1.60. The normalized spacial score (nSPS) is 18.6. The number of aromatic nitrogens is 1. The van der Waals surface area contributed by atoms with E-state index in [9.17, 15) is 9.59 Å². The van der Waals surface area contributed by atoms with Crippen LogP contribution >= 0.6 is 0 Å². The quantitative estimate of drug-likeness (QED) is 0.807. The van der Waals surface area contributed by atoms with Gasteiger partial charge in [-0.1, -0.05) is 13.8 Å². The molecule has 1 unspecified atom stereocenters. The first-order valence-corrected chi connectivity index (χ1v) is 5.32. The third kappa shape index (κ3) is 1.75. The predicted molar refractivity (Wildman–Crippen MR) is 60.3 cm³/mol. The van der Waals surface area contributed by atoms with Gasteiger partial charge in [0.25, 0.3) is 5.91 Å². The molecule has 0 saturated heterocycles. The Bertz CT molecular complexity index is 490.